The molecule has 0 radical (unpaired) electrons. The van der Waals surface area contributed by atoms with Crippen LogP contribution in [0.3, 0.4) is 0 Å². The Kier molecular flexibility index (Phi) is 3.73. The van der Waals surface area contributed by atoms with Crippen LogP contribution in [-0.2, 0) is 11.3 Å². The first kappa shape index (κ1) is 14.8. The van der Waals surface area contributed by atoms with E-state index in [-0.39, 0.29) is 18.6 Å². The SMILES string of the molecule is Cc1nc2ccc(C(=O)NCc3noc([C@H]4CCCO4)n3)cc2o1. The molecule has 3 heterocycles. The summed E-state index contributed by atoms with van der Waals surface area (Å²) in [6.07, 6.45) is 1.74. The van der Waals surface area contributed by atoms with Gasteiger partial charge in [0.15, 0.2) is 17.3 Å². The molecule has 1 atom stereocenters. The Labute approximate surface area is 137 Å². The molecule has 3 aromatic rings. The van der Waals surface area contributed by atoms with Crippen molar-refractivity contribution in [3.05, 3.63) is 41.4 Å². The summed E-state index contributed by atoms with van der Waals surface area (Å²) >= 11 is 0. The van der Waals surface area contributed by atoms with Gasteiger partial charge in [0.05, 0.1) is 6.54 Å². The minimum Gasteiger partial charge on any atom is -0.441 e. The summed E-state index contributed by atoms with van der Waals surface area (Å²) in [4.78, 5) is 20.7. The second kappa shape index (κ2) is 6.04. The molecule has 1 saturated heterocycles. The molecule has 2 aromatic heterocycles. The van der Waals surface area contributed by atoms with E-state index in [0.717, 1.165) is 18.4 Å². The highest BCUT2D eigenvalue weighted by molar-refractivity contribution is 5.96. The first-order valence-corrected chi connectivity index (χ1v) is 7.78. The van der Waals surface area contributed by atoms with Gasteiger partial charge in [0.1, 0.15) is 11.6 Å². The zero-order chi connectivity index (χ0) is 16.5. The number of rotatable bonds is 4. The smallest absolute Gasteiger partial charge is 0.255 e. The van der Waals surface area contributed by atoms with Crippen LogP contribution in [0.2, 0.25) is 0 Å². The highest BCUT2D eigenvalue weighted by Crippen LogP contribution is 2.26. The Balaban J connectivity index is 1.41. The van der Waals surface area contributed by atoms with Crippen molar-refractivity contribution in [1.29, 1.82) is 0 Å². The maximum atomic E-state index is 12.2. The van der Waals surface area contributed by atoms with Gasteiger partial charge in [0.2, 0.25) is 0 Å². The van der Waals surface area contributed by atoms with Crippen molar-refractivity contribution < 1.29 is 18.5 Å². The second-order valence-corrected chi connectivity index (χ2v) is 5.65. The van der Waals surface area contributed by atoms with E-state index in [0.29, 0.717) is 35.4 Å². The summed E-state index contributed by atoms with van der Waals surface area (Å²) in [6, 6.07) is 5.12. The van der Waals surface area contributed by atoms with Gasteiger partial charge in [0, 0.05) is 19.1 Å². The van der Waals surface area contributed by atoms with Gasteiger partial charge in [-0.1, -0.05) is 5.16 Å². The van der Waals surface area contributed by atoms with Gasteiger partial charge < -0.3 is 19.0 Å². The van der Waals surface area contributed by atoms with E-state index in [1.165, 1.54) is 0 Å². The molecule has 1 aliphatic rings. The summed E-state index contributed by atoms with van der Waals surface area (Å²) in [5, 5.41) is 6.63. The van der Waals surface area contributed by atoms with Crippen LogP contribution < -0.4 is 5.32 Å². The number of carbonyl (C=O) groups is 1. The van der Waals surface area contributed by atoms with Crippen LogP contribution in [0, 0.1) is 6.92 Å². The van der Waals surface area contributed by atoms with Crippen molar-refractivity contribution >= 4 is 17.0 Å². The van der Waals surface area contributed by atoms with Crippen LogP contribution in [0.25, 0.3) is 11.1 Å². The molecule has 4 rings (SSSR count). The van der Waals surface area contributed by atoms with Gasteiger partial charge in [-0.2, -0.15) is 4.98 Å². The molecule has 124 valence electrons. The minimum atomic E-state index is -0.241. The third kappa shape index (κ3) is 2.88. The maximum Gasteiger partial charge on any atom is 0.255 e. The van der Waals surface area contributed by atoms with E-state index in [4.69, 9.17) is 13.7 Å². The average Bonchev–Trinajstić information content (AvgIpc) is 3.30. The highest BCUT2D eigenvalue weighted by Gasteiger charge is 2.23. The number of benzene rings is 1. The normalized spacial score (nSPS) is 17.5. The fourth-order valence-electron chi connectivity index (χ4n) is 2.68. The van der Waals surface area contributed by atoms with Crippen molar-refractivity contribution in [2.24, 2.45) is 0 Å². The lowest BCUT2D eigenvalue weighted by atomic mass is 10.2. The maximum absolute atomic E-state index is 12.2. The van der Waals surface area contributed by atoms with Gasteiger partial charge in [0.25, 0.3) is 11.8 Å². The molecule has 1 N–H and O–H groups in total. The van der Waals surface area contributed by atoms with Gasteiger partial charge in [-0.25, -0.2) is 4.98 Å². The first-order valence-electron chi connectivity index (χ1n) is 7.78. The predicted octanol–water partition coefficient (Wildman–Crippen LogP) is 2.30. The van der Waals surface area contributed by atoms with Crippen LogP contribution >= 0.6 is 0 Å². The Morgan fingerprint density at radius 2 is 2.29 bits per heavy atom. The molecule has 8 heteroatoms. The van der Waals surface area contributed by atoms with Gasteiger partial charge in [-0.15, -0.1) is 0 Å². The van der Waals surface area contributed by atoms with Crippen molar-refractivity contribution in [3.63, 3.8) is 0 Å². The van der Waals surface area contributed by atoms with Gasteiger partial charge >= 0.3 is 0 Å². The summed E-state index contributed by atoms with van der Waals surface area (Å²) < 4.78 is 16.1. The lowest BCUT2D eigenvalue weighted by Gasteiger charge is -2.02. The molecular weight excluding hydrogens is 312 g/mol. The highest BCUT2D eigenvalue weighted by atomic mass is 16.5. The molecular formula is C16H16N4O4. The Bertz CT molecular complexity index is 879. The molecule has 24 heavy (non-hydrogen) atoms. The van der Waals surface area contributed by atoms with E-state index in [1.54, 1.807) is 25.1 Å². The molecule has 1 fully saturated rings. The predicted molar refractivity (Wildman–Crippen MR) is 82.1 cm³/mol. The number of nitrogens with one attached hydrogen (secondary N) is 1. The Morgan fingerprint density at radius 1 is 1.38 bits per heavy atom. The van der Waals surface area contributed by atoms with E-state index in [2.05, 4.69) is 20.4 Å². The zero-order valence-corrected chi connectivity index (χ0v) is 13.1. The first-order chi connectivity index (χ1) is 11.7. The number of carbonyl (C=O) groups excluding carboxylic acids is 1. The summed E-state index contributed by atoms with van der Waals surface area (Å²) in [7, 11) is 0. The van der Waals surface area contributed by atoms with Gasteiger partial charge in [-0.05, 0) is 31.0 Å². The second-order valence-electron chi connectivity index (χ2n) is 5.65. The fraction of sp³-hybridized carbons (Fsp3) is 0.375. The monoisotopic (exact) mass is 328 g/mol. The molecule has 0 spiro atoms. The van der Waals surface area contributed by atoms with E-state index < -0.39 is 0 Å². The van der Waals surface area contributed by atoms with Crippen molar-refractivity contribution in [1.82, 2.24) is 20.4 Å². The molecule has 8 nitrogen and oxygen atoms in total. The Morgan fingerprint density at radius 3 is 3.12 bits per heavy atom. The number of aryl methyl sites for hydroxylation is 1. The van der Waals surface area contributed by atoms with Crippen LogP contribution in [0.15, 0.2) is 27.1 Å². The van der Waals surface area contributed by atoms with E-state index in [1.807, 2.05) is 0 Å². The quantitative estimate of drug-likeness (QED) is 0.783. The third-order valence-corrected chi connectivity index (χ3v) is 3.85. The number of aromatic nitrogens is 3. The zero-order valence-electron chi connectivity index (χ0n) is 13.1. The standard InChI is InChI=1S/C16H16N4O4/c1-9-18-11-5-4-10(7-13(11)23-9)15(21)17-8-14-19-16(24-20-14)12-3-2-6-22-12/h4-5,7,12H,2-3,6,8H2,1H3,(H,17,21)/t12-/m1/s1. The number of amides is 1. The number of ether oxygens (including phenoxy) is 1. The van der Waals surface area contributed by atoms with Crippen molar-refractivity contribution in [2.45, 2.75) is 32.4 Å². The lowest BCUT2D eigenvalue weighted by molar-refractivity contribution is 0.0835. The molecule has 0 saturated carbocycles. The topological polar surface area (TPSA) is 103 Å². The molecule has 0 aliphatic carbocycles. The van der Waals surface area contributed by atoms with Crippen LogP contribution in [0.1, 0.15) is 46.9 Å². The number of oxazole rings is 1. The molecule has 1 aromatic carbocycles. The molecule has 0 unspecified atom stereocenters. The minimum absolute atomic E-state index is 0.126. The number of nitrogens with zero attached hydrogens (tertiary/aromatic N) is 3. The van der Waals surface area contributed by atoms with Crippen LogP contribution in [0.5, 0.6) is 0 Å². The van der Waals surface area contributed by atoms with Gasteiger partial charge in [-0.3, -0.25) is 4.79 Å². The summed E-state index contributed by atoms with van der Waals surface area (Å²) in [5.41, 5.74) is 1.80. The Hall–Kier alpha value is -2.74. The fourth-order valence-corrected chi connectivity index (χ4v) is 2.68. The largest absolute Gasteiger partial charge is 0.441 e. The number of hydrogen-bond donors (Lipinski definition) is 1. The number of fused-ring (bicyclic) bond motifs is 1. The average molecular weight is 328 g/mol. The summed E-state index contributed by atoms with van der Waals surface area (Å²) in [6.45, 7) is 2.66. The van der Waals surface area contributed by atoms with Crippen LogP contribution in [0.4, 0.5) is 0 Å². The van der Waals surface area contributed by atoms with Crippen molar-refractivity contribution in [2.75, 3.05) is 6.61 Å². The van der Waals surface area contributed by atoms with E-state index >= 15 is 0 Å². The van der Waals surface area contributed by atoms with E-state index in [9.17, 15) is 4.79 Å². The lowest BCUT2D eigenvalue weighted by Crippen LogP contribution is -2.23. The molecule has 1 amide bonds. The third-order valence-electron chi connectivity index (χ3n) is 3.85. The number of hydrogen-bond acceptors (Lipinski definition) is 7. The van der Waals surface area contributed by atoms with Crippen LogP contribution in [-0.4, -0.2) is 27.6 Å². The van der Waals surface area contributed by atoms with Crippen molar-refractivity contribution in [3.8, 4) is 0 Å². The summed E-state index contributed by atoms with van der Waals surface area (Å²) in [5.74, 6) is 1.21. The molecule has 1 aliphatic heterocycles. The molecule has 0 bridgehead atoms.